The van der Waals surface area contributed by atoms with Crippen LogP contribution in [0.4, 0.5) is 10.3 Å². The number of nitrogens with one attached hydrogen (secondary N) is 1. The molecule has 0 fully saturated rings. The molecule has 1 N–H and O–H groups in total. The fourth-order valence-electron chi connectivity index (χ4n) is 2.41. The van der Waals surface area contributed by atoms with Crippen molar-refractivity contribution < 1.29 is 22.3 Å². The number of methoxy groups -OCH3 is 2. The second kappa shape index (κ2) is 7.62. The fourth-order valence-corrected chi connectivity index (χ4v) is 3.54. The van der Waals surface area contributed by atoms with Crippen molar-refractivity contribution in [2.75, 3.05) is 18.9 Å². The molecule has 0 aliphatic carbocycles. The number of sulfonamides is 1. The van der Waals surface area contributed by atoms with Crippen LogP contribution in [0.5, 0.6) is 11.5 Å². The van der Waals surface area contributed by atoms with Crippen LogP contribution in [-0.2, 0) is 16.6 Å². The largest absolute Gasteiger partial charge is 0.497 e. The lowest BCUT2D eigenvalue weighted by Crippen LogP contribution is -2.15. The van der Waals surface area contributed by atoms with Gasteiger partial charge in [0.15, 0.2) is 0 Å². The third kappa shape index (κ3) is 4.34. The van der Waals surface area contributed by atoms with Crippen molar-refractivity contribution in [3.05, 3.63) is 60.2 Å². The van der Waals surface area contributed by atoms with Gasteiger partial charge in [0, 0.05) is 6.07 Å². The van der Waals surface area contributed by atoms with E-state index in [2.05, 4.69) is 14.8 Å². The normalized spacial score (nSPS) is 11.2. The molecule has 2 aromatic carbocycles. The van der Waals surface area contributed by atoms with Crippen molar-refractivity contribution in [2.24, 2.45) is 0 Å². The molecule has 0 amide bonds. The average Bonchev–Trinajstić information content (AvgIpc) is 3.07. The summed E-state index contributed by atoms with van der Waals surface area (Å²) in [6, 6.07) is 10.4. The summed E-state index contributed by atoms with van der Waals surface area (Å²) >= 11 is 0. The third-order valence-corrected chi connectivity index (χ3v) is 5.01. The monoisotopic (exact) mass is 392 g/mol. The van der Waals surface area contributed by atoms with Gasteiger partial charge in [-0.15, -0.1) is 5.10 Å². The second-order valence-corrected chi connectivity index (χ2v) is 7.17. The molecule has 0 unspecified atom stereocenters. The van der Waals surface area contributed by atoms with Crippen LogP contribution in [0.2, 0.25) is 0 Å². The molecule has 27 heavy (non-hydrogen) atoms. The van der Waals surface area contributed by atoms with E-state index in [1.165, 1.54) is 49.5 Å². The first-order valence-corrected chi connectivity index (χ1v) is 9.28. The summed E-state index contributed by atoms with van der Waals surface area (Å²) in [5, 5.41) is 4.06. The molecule has 0 saturated heterocycles. The summed E-state index contributed by atoms with van der Waals surface area (Å²) in [6.45, 7) is 0.245. The minimum absolute atomic E-state index is 0.106. The van der Waals surface area contributed by atoms with Gasteiger partial charge < -0.3 is 9.47 Å². The lowest BCUT2D eigenvalue weighted by molar-refractivity contribution is 0.392. The molecule has 0 saturated carbocycles. The minimum Gasteiger partial charge on any atom is -0.497 e. The molecule has 3 rings (SSSR count). The van der Waals surface area contributed by atoms with Gasteiger partial charge >= 0.3 is 0 Å². The highest BCUT2D eigenvalue weighted by molar-refractivity contribution is 7.92. The Balaban J connectivity index is 1.82. The summed E-state index contributed by atoms with van der Waals surface area (Å²) < 4.78 is 52.5. The van der Waals surface area contributed by atoms with Gasteiger partial charge in [0.2, 0.25) is 0 Å². The Bertz CT molecular complexity index is 1050. The summed E-state index contributed by atoms with van der Waals surface area (Å²) in [5.74, 6) is 0.0400. The van der Waals surface area contributed by atoms with Crippen molar-refractivity contribution in [2.45, 2.75) is 11.4 Å². The van der Waals surface area contributed by atoms with E-state index < -0.39 is 10.0 Å². The molecule has 3 aromatic rings. The highest BCUT2D eigenvalue weighted by atomic mass is 32.2. The Hall–Kier alpha value is -3.14. The van der Waals surface area contributed by atoms with E-state index in [0.29, 0.717) is 11.3 Å². The SMILES string of the molecule is COc1ccc(OC)c(S(=O)(=O)Nc2ncn(Cc3cccc(F)c3)n2)c1. The van der Waals surface area contributed by atoms with E-state index in [1.807, 2.05) is 0 Å². The lowest BCUT2D eigenvalue weighted by atomic mass is 10.2. The Morgan fingerprint density at radius 1 is 1.15 bits per heavy atom. The van der Waals surface area contributed by atoms with Crippen LogP contribution in [0.15, 0.2) is 53.7 Å². The van der Waals surface area contributed by atoms with Crippen molar-refractivity contribution >= 4 is 16.0 Å². The van der Waals surface area contributed by atoms with E-state index in [-0.39, 0.29) is 29.0 Å². The van der Waals surface area contributed by atoms with Gasteiger partial charge in [0.1, 0.15) is 28.5 Å². The number of ether oxygens (including phenoxy) is 2. The molecule has 0 bridgehead atoms. The molecule has 0 spiro atoms. The van der Waals surface area contributed by atoms with Gasteiger partial charge in [0.25, 0.3) is 16.0 Å². The first kappa shape index (κ1) is 18.6. The fraction of sp³-hybridized carbons (Fsp3) is 0.176. The topological polar surface area (TPSA) is 95.3 Å². The molecular weight excluding hydrogens is 375 g/mol. The van der Waals surface area contributed by atoms with Crippen molar-refractivity contribution in [1.29, 1.82) is 0 Å². The van der Waals surface area contributed by atoms with Crippen molar-refractivity contribution in [3.8, 4) is 11.5 Å². The number of halogens is 1. The van der Waals surface area contributed by atoms with Gasteiger partial charge in [-0.3, -0.25) is 0 Å². The molecule has 10 heteroatoms. The Labute approximate surface area is 155 Å². The van der Waals surface area contributed by atoms with Crippen LogP contribution in [0.25, 0.3) is 0 Å². The molecule has 1 aromatic heterocycles. The molecule has 0 atom stereocenters. The molecule has 0 radical (unpaired) electrons. The van der Waals surface area contributed by atoms with Crippen molar-refractivity contribution in [1.82, 2.24) is 14.8 Å². The molecule has 0 aliphatic rings. The van der Waals surface area contributed by atoms with Crippen molar-refractivity contribution in [3.63, 3.8) is 0 Å². The highest BCUT2D eigenvalue weighted by Gasteiger charge is 2.22. The molecular formula is C17H17FN4O4S. The molecule has 8 nitrogen and oxygen atoms in total. The van der Waals surface area contributed by atoms with E-state index >= 15 is 0 Å². The summed E-state index contributed by atoms with van der Waals surface area (Å²) in [5.41, 5.74) is 0.670. The van der Waals surface area contributed by atoms with Gasteiger partial charge in [-0.25, -0.2) is 22.2 Å². The number of hydrogen-bond acceptors (Lipinski definition) is 6. The Morgan fingerprint density at radius 3 is 2.67 bits per heavy atom. The van der Waals surface area contributed by atoms with Crippen LogP contribution in [-0.4, -0.2) is 37.4 Å². The minimum atomic E-state index is -4.01. The van der Waals surface area contributed by atoms with E-state index in [9.17, 15) is 12.8 Å². The predicted octanol–water partition coefficient (Wildman–Crippen LogP) is 2.28. The highest BCUT2D eigenvalue weighted by Crippen LogP contribution is 2.29. The van der Waals surface area contributed by atoms with Gasteiger partial charge in [-0.05, 0) is 29.8 Å². The first-order valence-electron chi connectivity index (χ1n) is 7.80. The van der Waals surface area contributed by atoms with Gasteiger partial charge in [0.05, 0.1) is 20.8 Å². The second-order valence-electron chi connectivity index (χ2n) is 5.52. The molecule has 0 aliphatic heterocycles. The zero-order valence-electron chi connectivity index (χ0n) is 14.6. The van der Waals surface area contributed by atoms with Crippen LogP contribution >= 0.6 is 0 Å². The quantitative estimate of drug-likeness (QED) is 0.663. The summed E-state index contributed by atoms with van der Waals surface area (Å²) in [4.78, 5) is 3.83. The average molecular weight is 392 g/mol. The summed E-state index contributed by atoms with van der Waals surface area (Å²) in [7, 11) is -1.21. The van der Waals surface area contributed by atoms with Gasteiger partial charge in [-0.1, -0.05) is 12.1 Å². The third-order valence-electron chi connectivity index (χ3n) is 3.66. The first-order chi connectivity index (χ1) is 12.9. The number of nitrogens with zero attached hydrogens (tertiary/aromatic N) is 3. The smallest absolute Gasteiger partial charge is 0.268 e. The van der Waals surface area contributed by atoms with E-state index in [4.69, 9.17) is 9.47 Å². The van der Waals surface area contributed by atoms with Gasteiger partial charge in [-0.2, -0.15) is 4.98 Å². The van der Waals surface area contributed by atoms with Crippen LogP contribution in [0, 0.1) is 5.82 Å². The standard InChI is InChI=1S/C17H17FN4O4S/c1-25-14-6-7-15(26-2)16(9-14)27(23,24)21-17-19-11-22(20-17)10-12-4-3-5-13(18)8-12/h3-9,11H,10H2,1-2H3,(H,20,21). The van der Waals surface area contributed by atoms with Crippen LogP contribution < -0.4 is 14.2 Å². The van der Waals surface area contributed by atoms with E-state index in [0.717, 1.165) is 0 Å². The number of aromatic nitrogens is 3. The van der Waals surface area contributed by atoms with Crippen LogP contribution in [0.3, 0.4) is 0 Å². The summed E-state index contributed by atoms with van der Waals surface area (Å²) in [6.07, 6.45) is 1.35. The maximum absolute atomic E-state index is 13.3. The number of anilines is 1. The maximum atomic E-state index is 13.3. The van der Waals surface area contributed by atoms with E-state index in [1.54, 1.807) is 18.2 Å². The zero-order valence-corrected chi connectivity index (χ0v) is 15.4. The zero-order chi connectivity index (χ0) is 19.4. The predicted molar refractivity (Wildman–Crippen MR) is 95.9 cm³/mol. The number of rotatable bonds is 7. The number of hydrogen-bond donors (Lipinski definition) is 1. The number of benzene rings is 2. The molecule has 142 valence electrons. The Kier molecular flexibility index (Phi) is 5.26. The maximum Gasteiger partial charge on any atom is 0.268 e. The molecule has 1 heterocycles. The lowest BCUT2D eigenvalue weighted by Gasteiger charge is -2.11. The Morgan fingerprint density at radius 2 is 1.96 bits per heavy atom. The van der Waals surface area contributed by atoms with Crippen LogP contribution in [0.1, 0.15) is 5.56 Å².